The van der Waals surface area contributed by atoms with Crippen molar-refractivity contribution in [2.45, 2.75) is 0 Å². The van der Waals surface area contributed by atoms with Gasteiger partial charge in [-0.25, -0.2) is 4.98 Å². The van der Waals surface area contributed by atoms with Crippen molar-refractivity contribution in [1.82, 2.24) is 4.98 Å². The van der Waals surface area contributed by atoms with Crippen molar-refractivity contribution in [3.05, 3.63) is 23.2 Å². The molecule has 0 bridgehead atoms. The number of carbonyl (C=O) groups excluding carboxylic acids is 1. The minimum Gasteiger partial charge on any atom is -0.497 e. The molecule has 0 spiro atoms. The second-order valence-electron chi connectivity index (χ2n) is 2.54. The second-order valence-corrected chi connectivity index (χ2v) is 3.39. The highest BCUT2D eigenvalue weighted by Gasteiger charge is 2.05. The van der Waals surface area contributed by atoms with Crippen molar-refractivity contribution in [3.63, 3.8) is 0 Å². The summed E-state index contributed by atoms with van der Waals surface area (Å²) < 4.78 is 5.95. The Morgan fingerprint density at radius 2 is 2.38 bits per heavy atom. The first-order valence-electron chi connectivity index (χ1n) is 3.71. The van der Waals surface area contributed by atoms with E-state index in [0.717, 1.165) is 16.5 Å². The number of hydrogen-bond acceptors (Lipinski definition) is 4. The average Bonchev–Trinajstić information content (AvgIpc) is 2.63. The average molecular weight is 193 g/mol. The van der Waals surface area contributed by atoms with Crippen LogP contribution in [-0.2, 0) is 0 Å². The minimum atomic E-state index is 0.636. The van der Waals surface area contributed by atoms with Gasteiger partial charge in [0.05, 0.1) is 22.8 Å². The van der Waals surface area contributed by atoms with E-state index in [2.05, 4.69) is 4.98 Å². The first-order valence-corrected chi connectivity index (χ1v) is 4.59. The smallest absolute Gasteiger partial charge is 0.151 e. The Balaban J connectivity index is 2.77. The van der Waals surface area contributed by atoms with Crippen LogP contribution in [0, 0.1) is 0 Å². The van der Waals surface area contributed by atoms with E-state index >= 15 is 0 Å². The molecule has 0 unspecified atom stereocenters. The van der Waals surface area contributed by atoms with E-state index in [1.807, 2.05) is 6.07 Å². The number of ether oxygens (including phenoxy) is 1. The highest BCUT2D eigenvalue weighted by Crippen LogP contribution is 2.26. The van der Waals surface area contributed by atoms with Crippen molar-refractivity contribution in [1.29, 1.82) is 0 Å². The summed E-state index contributed by atoms with van der Waals surface area (Å²) in [5.41, 5.74) is 3.17. The van der Waals surface area contributed by atoms with Gasteiger partial charge in [-0.05, 0) is 6.07 Å². The van der Waals surface area contributed by atoms with Crippen LogP contribution in [0.25, 0.3) is 10.2 Å². The van der Waals surface area contributed by atoms with E-state index in [4.69, 9.17) is 4.74 Å². The van der Waals surface area contributed by atoms with Crippen molar-refractivity contribution in [2.75, 3.05) is 7.11 Å². The summed E-state index contributed by atoms with van der Waals surface area (Å²) in [6.07, 6.45) is 0.822. The van der Waals surface area contributed by atoms with Gasteiger partial charge in [0.15, 0.2) is 6.29 Å². The van der Waals surface area contributed by atoms with E-state index in [0.29, 0.717) is 11.3 Å². The number of rotatable bonds is 2. The van der Waals surface area contributed by atoms with Gasteiger partial charge < -0.3 is 4.74 Å². The molecule has 0 saturated carbocycles. The lowest BCUT2D eigenvalue weighted by molar-refractivity contribution is 0.112. The lowest BCUT2D eigenvalue weighted by Gasteiger charge is -2.00. The van der Waals surface area contributed by atoms with Crippen LogP contribution in [0.5, 0.6) is 5.75 Å². The molecule has 2 rings (SSSR count). The summed E-state index contributed by atoms with van der Waals surface area (Å²) in [5, 5.41) is 0. The topological polar surface area (TPSA) is 39.2 Å². The normalized spacial score (nSPS) is 10.2. The molecular weight excluding hydrogens is 186 g/mol. The molecule has 2 aromatic rings. The maximum atomic E-state index is 10.7. The van der Waals surface area contributed by atoms with Crippen molar-refractivity contribution in [2.24, 2.45) is 0 Å². The molecule has 0 aliphatic carbocycles. The Morgan fingerprint density at radius 1 is 1.54 bits per heavy atom. The van der Waals surface area contributed by atoms with Gasteiger partial charge in [0.2, 0.25) is 0 Å². The molecule has 0 amide bonds. The zero-order valence-electron chi connectivity index (χ0n) is 6.98. The number of carbonyl (C=O) groups is 1. The number of methoxy groups -OCH3 is 1. The summed E-state index contributed by atoms with van der Waals surface area (Å²) in [5.74, 6) is 0.667. The number of thiazole rings is 1. The monoisotopic (exact) mass is 193 g/mol. The van der Waals surface area contributed by atoms with Gasteiger partial charge in [0, 0.05) is 11.6 Å². The van der Waals surface area contributed by atoms with Crippen molar-refractivity contribution >= 4 is 27.8 Å². The minimum absolute atomic E-state index is 0.636. The fourth-order valence-electron chi connectivity index (χ4n) is 1.17. The first-order chi connectivity index (χ1) is 6.35. The molecule has 0 fully saturated rings. The van der Waals surface area contributed by atoms with Crippen LogP contribution in [-0.4, -0.2) is 18.4 Å². The van der Waals surface area contributed by atoms with Gasteiger partial charge in [-0.2, -0.15) is 0 Å². The van der Waals surface area contributed by atoms with Crippen molar-refractivity contribution < 1.29 is 9.53 Å². The third-order valence-electron chi connectivity index (χ3n) is 1.80. The van der Waals surface area contributed by atoms with E-state index in [1.54, 1.807) is 18.7 Å². The molecular formula is C9H7NO2S. The Morgan fingerprint density at radius 3 is 3.08 bits per heavy atom. The predicted octanol–water partition coefficient (Wildman–Crippen LogP) is 2.12. The van der Waals surface area contributed by atoms with E-state index in [-0.39, 0.29) is 0 Å². The molecule has 3 nitrogen and oxygen atoms in total. The molecule has 0 atom stereocenters. The molecule has 1 heterocycles. The predicted molar refractivity (Wildman–Crippen MR) is 51.6 cm³/mol. The van der Waals surface area contributed by atoms with E-state index in [9.17, 15) is 4.79 Å². The van der Waals surface area contributed by atoms with Crippen LogP contribution in [0.15, 0.2) is 17.6 Å². The number of fused-ring (bicyclic) bond motifs is 1. The summed E-state index contributed by atoms with van der Waals surface area (Å²) >= 11 is 1.46. The van der Waals surface area contributed by atoms with Crippen LogP contribution in [0.1, 0.15) is 10.4 Å². The van der Waals surface area contributed by atoms with E-state index in [1.165, 1.54) is 11.3 Å². The maximum Gasteiger partial charge on any atom is 0.151 e. The molecule has 1 aromatic carbocycles. The highest BCUT2D eigenvalue weighted by atomic mass is 32.1. The van der Waals surface area contributed by atoms with Crippen LogP contribution < -0.4 is 4.74 Å². The zero-order valence-corrected chi connectivity index (χ0v) is 7.80. The van der Waals surface area contributed by atoms with Gasteiger partial charge in [-0.3, -0.25) is 4.79 Å². The summed E-state index contributed by atoms with van der Waals surface area (Å²) in [6, 6.07) is 3.53. The molecule has 0 N–H and O–H groups in total. The quantitative estimate of drug-likeness (QED) is 0.686. The third kappa shape index (κ3) is 1.29. The Bertz CT molecular complexity index is 450. The van der Waals surface area contributed by atoms with Gasteiger partial charge in [0.1, 0.15) is 5.75 Å². The van der Waals surface area contributed by atoms with Crippen molar-refractivity contribution in [3.8, 4) is 5.75 Å². The number of benzene rings is 1. The highest BCUT2D eigenvalue weighted by molar-refractivity contribution is 7.17. The molecule has 0 aliphatic rings. The molecule has 13 heavy (non-hydrogen) atoms. The first kappa shape index (κ1) is 8.19. The second kappa shape index (κ2) is 3.14. The SMILES string of the molecule is COc1cc(C=O)c2scnc2c1. The van der Waals surface area contributed by atoms with Gasteiger partial charge in [-0.1, -0.05) is 0 Å². The van der Waals surface area contributed by atoms with Crippen LogP contribution in [0.4, 0.5) is 0 Å². The number of aromatic nitrogens is 1. The molecule has 4 heteroatoms. The van der Waals surface area contributed by atoms with Gasteiger partial charge in [-0.15, -0.1) is 11.3 Å². The van der Waals surface area contributed by atoms with E-state index < -0.39 is 0 Å². The summed E-state index contributed by atoms with van der Waals surface area (Å²) in [6.45, 7) is 0. The number of nitrogens with zero attached hydrogens (tertiary/aromatic N) is 1. The lowest BCUT2D eigenvalue weighted by Crippen LogP contribution is -1.86. The fraction of sp³-hybridized carbons (Fsp3) is 0.111. The third-order valence-corrected chi connectivity index (χ3v) is 2.69. The van der Waals surface area contributed by atoms with Crippen LogP contribution in [0.2, 0.25) is 0 Å². The molecule has 66 valence electrons. The van der Waals surface area contributed by atoms with Gasteiger partial charge >= 0.3 is 0 Å². The molecule has 0 saturated heterocycles. The van der Waals surface area contributed by atoms with Gasteiger partial charge in [0.25, 0.3) is 0 Å². The molecule has 0 aliphatic heterocycles. The largest absolute Gasteiger partial charge is 0.497 e. The Labute approximate surface area is 79.0 Å². The zero-order chi connectivity index (χ0) is 9.26. The van der Waals surface area contributed by atoms with Crippen LogP contribution in [0.3, 0.4) is 0 Å². The molecule has 0 radical (unpaired) electrons. The molecule has 1 aromatic heterocycles. The summed E-state index contributed by atoms with van der Waals surface area (Å²) in [4.78, 5) is 14.8. The standard InChI is InChI=1S/C9H7NO2S/c1-12-7-2-6(4-11)9-8(3-7)10-5-13-9/h2-5H,1H3. The van der Waals surface area contributed by atoms with Crippen LogP contribution >= 0.6 is 11.3 Å². The maximum absolute atomic E-state index is 10.7. The fourth-order valence-corrected chi connectivity index (χ4v) is 1.92. The number of aldehydes is 1. The summed E-state index contributed by atoms with van der Waals surface area (Å²) in [7, 11) is 1.57. The lowest BCUT2D eigenvalue weighted by atomic mass is 10.2. The number of hydrogen-bond donors (Lipinski definition) is 0. The Hall–Kier alpha value is -1.42. The Kier molecular flexibility index (Phi) is 1.98.